The highest BCUT2D eigenvalue weighted by Gasteiger charge is 2.20. The van der Waals surface area contributed by atoms with Crippen LogP contribution in [0.15, 0.2) is 42.5 Å². The first-order chi connectivity index (χ1) is 9.58. The predicted octanol–water partition coefficient (Wildman–Crippen LogP) is 2.65. The monoisotopic (exact) mass is 289 g/mol. The Balaban J connectivity index is 2.03. The zero-order valence-corrected chi connectivity index (χ0v) is 11.8. The molecule has 2 aromatic rings. The molecule has 1 heterocycles. The van der Waals surface area contributed by atoms with Crippen LogP contribution >= 0.6 is 11.3 Å². The van der Waals surface area contributed by atoms with E-state index in [0.29, 0.717) is 10.4 Å². The van der Waals surface area contributed by atoms with E-state index in [1.165, 1.54) is 11.3 Å². The molecule has 0 aliphatic carbocycles. The SMILES string of the molecule is Cc1ccc(C(=O)NCC(C(=O)O)c2ccccc2)s1. The van der Waals surface area contributed by atoms with Crippen molar-refractivity contribution in [2.75, 3.05) is 6.54 Å². The summed E-state index contributed by atoms with van der Waals surface area (Å²) in [5.74, 6) is -1.91. The molecule has 0 aliphatic heterocycles. The first kappa shape index (κ1) is 14.3. The van der Waals surface area contributed by atoms with Crippen LogP contribution in [0.3, 0.4) is 0 Å². The minimum atomic E-state index is -0.945. The van der Waals surface area contributed by atoms with Crippen LogP contribution in [0.25, 0.3) is 0 Å². The number of aryl methyl sites for hydroxylation is 1. The molecule has 1 aromatic carbocycles. The van der Waals surface area contributed by atoms with Gasteiger partial charge in [0.15, 0.2) is 0 Å². The summed E-state index contributed by atoms with van der Waals surface area (Å²) in [7, 11) is 0. The Morgan fingerprint density at radius 2 is 1.90 bits per heavy atom. The smallest absolute Gasteiger partial charge is 0.312 e. The number of carbonyl (C=O) groups is 2. The van der Waals surface area contributed by atoms with Crippen molar-refractivity contribution in [1.29, 1.82) is 0 Å². The van der Waals surface area contributed by atoms with Gasteiger partial charge >= 0.3 is 5.97 Å². The molecule has 1 atom stereocenters. The number of thiophene rings is 1. The van der Waals surface area contributed by atoms with Crippen LogP contribution in [0.1, 0.15) is 26.0 Å². The molecule has 20 heavy (non-hydrogen) atoms. The van der Waals surface area contributed by atoms with Crippen LogP contribution in [0.4, 0.5) is 0 Å². The maximum Gasteiger partial charge on any atom is 0.312 e. The predicted molar refractivity (Wildman–Crippen MR) is 78.2 cm³/mol. The van der Waals surface area contributed by atoms with Gasteiger partial charge < -0.3 is 10.4 Å². The number of hydrogen-bond donors (Lipinski definition) is 2. The van der Waals surface area contributed by atoms with E-state index < -0.39 is 11.9 Å². The lowest BCUT2D eigenvalue weighted by Gasteiger charge is -2.13. The molecule has 0 radical (unpaired) electrons. The number of hydrogen-bond acceptors (Lipinski definition) is 3. The summed E-state index contributed by atoms with van der Waals surface area (Å²) in [6, 6.07) is 12.5. The van der Waals surface area contributed by atoms with Crippen molar-refractivity contribution < 1.29 is 14.7 Å². The van der Waals surface area contributed by atoms with Crippen molar-refractivity contribution in [1.82, 2.24) is 5.32 Å². The number of aliphatic carboxylic acids is 1. The molecule has 0 saturated carbocycles. The van der Waals surface area contributed by atoms with E-state index in [1.54, 1.807) is 30.3 Å². The molecular formula is C15H15NO3S. The average Bonchev–Trinajstić information content (AvgIpc) is 2.86. The summed E-state index contributed by atoms with van der Waals surface area (Å²) in [4.78, 5) is 24.9. The van der Waals surface area contributed by atoms with Crippen molar-refractivity contribution in [3.63, 3.8) is 0 Å². The summed E-state index contributed by atoms with van der Waals surface area (Å²) in [5, 5.41) is 11.9. The highest BCUT2D eigenvalue weighted by Crippen LogP contribution is 2.17. The van der Waals surface area contributed by atoms with Gasteiger partial charge in [0.2, 0.25) is 0 Å². The Labute approximate surface area is 121 Å². The van der Waals surface area contributed by atoms with Crippen molar-refractivity contribution in [2.45, 2.75) is 12.8 Å². The molecule has 2 N–H and O–H groups in total. The molecule has 104 valence electrons. The molecule has 0 saturated heterocycles. The van der Waals surface area contributed by atoms with E-state index in [9.17, 15) is 14.7 Å². The highest BCUT2D eigenvalue weighted by atomic mass is 32.1. The highest BCUT2D eigenvalue weighted by molar-refractivity contribution is 7.13. The zero-order valence-electron chi connectivity index (χ0n) is 11.0. The van der Waals surface area contributed by atoms with Crippen molar-refractivity contribution in [3.8, 4) is 0 Å². The van der Waals surface area contributed by atoms with Crippen LogP contribution in [0, 0.1) is 6.92 Å². The number of benzene rings is 1. The van der Waals surface area contributed by atoms with E-state index in [1.807, 2.05) is 19.1 Å². The largest absolute Gasteiger partial charge is 0.481 e. The minimum absolute atomic E-state index is 0.0785. The van der Waals surface area contributed by atoms with Gasteiger partial charge in [-0.15, -0.1) is 11.3 Å². The molecule has 1 unspecified atom stereocenters. The van der Waals surface area contributed by atoms with E-state index in [4.69, 9.17) is 0 Å². The number of rotatable bonds is 5. The van der Waals surface area contributed by atoms with Gasteiger partial charge in [0.1, 0.15) is 0 Å². The molecule has 0 aliphatic rings. The maximum atomic E-state index is 11.9. The van der Waals surface area contributed by atoms with Gasteiger partial charge in [-0.25, -0.2) is 0 Å². The molecule has 1 aromatic heterocycles. The van der Waals surface area contributed by atoms with Gasteiger partial charge in [0.25, 0.3) is 5.91 Å². The Hall–Kier alpha value is -2.14. The van der Waals surface area contributed by atoms with E-state index in [0.717, 1.165) is 4.88 Å². The topological polar surface area (TPSA) is 66.4 Å². The second kappa shape index (κ2) is 6.34. The fraction of sp³-hybridized carbons (Fsp3) is 0.200. The van der Waals surface area contributed by atoms with Gasteiger partial charge in [-0.2, -0.15) is 0 Å². The molecule has 0 fully saturated rings. The maximum absolute atomic E-state index is 11.9. The molecule has 5 heteroatoms. The Bertz CT molecular complexity index is 607. The lowest BCUT2D eigenvalue weighted by molar-refractivity contribution is -0.138. The minimum Gasteiger partial charge on any atom is -0.481 e. The molecule has 0 bridgehead atoms. The quantitative estimate of drug-likeness (QED) is 0.889. The number of amides is 1. The summed E-state index contributed by atoms with van der Waals surface area (Å²) in [6.07, 6.45) is 0. The molecule has 1 amide bonds. The van der Waals surface area contributed by atoms with Crippen LogP contribution in [-0.2, 0) is 4.79 Å². The van der Waals surface area contributed by atoms with Crippen molar-refractivity contribution >= 4 is 23.2 Å². The van der Waals surface area contributed by atoms with Gasteiger partial charge in [0.05, 0.1) is 10.8 Å². The van der Waals surface area contributed by atoms with Crippen LogP contribution < -0.4 is 5.32 Å². The van der Waals surface area contributed by atoms with Crippen LogP contribution in [0.5, 0.6) is 0 Å². The van der Waals surface area contributed by atoms with Crippen LogP contribution in [-0.4, -0.2) is 23.5 Å². The lowest BCUT2D eigenvalue weighted by Crippen LogP contribution is -2.31. The van der Waals surface area contributed by atoms with Crippen molar-refractivity contribution in [3.05, 3.63) is 57.8 Å². The normalized spacial score (nSPS) is 11.8. The summed E-state index contributed by atoms with van der Waals surface area (Å²) in [6.45, 7) is 2.00. The van der Waals surface area contributed by atoms with Crippen molar-refractivity contribution in [2.24, 2.45) is 0 Å². The van der Waals surface area contributed by atoms with Gasteiger partial charge in [-0.05, 0) is 24.6 Å². The van der Waals surface area contributed by atoms with Gasteiger partial charge in [-0.3, -0.25) is 9.59 Å². The Morgan fingerprint density at radius 3 is 2.45 bits per heavy atom. The van der Waals surface area contributed by atoms with E-state index >= 15 is 0 Å². The first-order valence-corrected chi connectivity index (χ1v) is 7.02. The summed E-state index contributed by atoms with van der Waals surface area (Å²) < 4.78 is 0. The lowest BCUT2D eigenvalue weighted by atomic mass is 9.99. The van der Waals surface area contributed by atoms with Gasteiger partial charge in [-0.1, -0.05) is 30.3 Å². The second-order valence-electron chi connectivity index (χ2n) is 4.42. The number of carboxylic acid groups (broad SMARTS) is 1. The van der Waals surface area contributed by atoms with Crippen LogP contribution in [0.2, 0.25) is 0 Å². The fourth-order valence-corrected chi connectivity index (χ4v) is 2.66. The Morgan fingerprint density at radius 1 is 1.20 bits per heavy atom. The standard InChI is InChI=1S/C15H15NO3S/c1-10-7-8-13(20-10)14(17)16-9-12(15(18)19)11-5-3-2-4-6-11/h2-8,12H,9H2,1H3,(H,16,17)(H,18,19). The molecular weight excluding hydrogens is 274 g/mol. The molecule has 2 rings (SSSR count). The average molecular weight is 289 g/mol. The summed E-state index contributed by atoms with van der Waals surface area (Å²) in [5.41, 5.74) is 0.683. The number of carboxylic acids is 1. The fourth-order valence-electron chi connectivity index (χ4n) is 1.87. The van der Waals surface area contributed by atoms with E-state index in [2.05, 4.69) is 5.32 Å². The van der Waals surface area contributed by atoms with Gasteiger partial charge in [0, 0.05) is 11.4 Å². The third-order valence-corrected chi connectivity index (χ3v) is 3.93. The summed E-state index contributed by atoms with van der Waals surface area (Å²) >= 11 is 1.39. The molecule has 0 spiro atoms. The number of nitrogens with one attached hydrogen (secondary N) is 1. The Kier molecular flexibility index (Phi) is 4.53. The third kappa shape index (κ3) is 3.45. The van der Waals surface area contributed by atoms with E-state index in [-0.39, 0.29) is 12.5 Å². The zero-order chi connectivity index (χ0) is 14.5. The second-order valence-corrected chi connectivity index (χ2v) is 5.71. The first-order valence-electron chi connectivity index (χ1n) is 6.20. The third-order valence-electron chi connectivity index (χ3n) is 2.93. The number of carbonyl (C=O) groups excluding carboxylic acids is 1. The molecule has 4 nitrogen and oxygen atoms in total.